The van der Waals surface area contributed by atoms with Gasteiger partial charge in [-0.1, -0.05) is 23.4 Å². The highest BCUT2D eigenvalue weighted by atomic mass is 127. The third-order valence-electron chi connectivity index (χ3n) is 5.02. The third kappa shape index (κ3) is 5.05. The molecule has 2 N–H and O–H groups in total. The number of rotatable bonds is 5. The number of hydrogen-bond acceptors (Lipinski definition) is 4. The molecule has 8 heteroatoms. The zero-order valence-electron chi connectivity index (χ0n) is 16.1. The number of piperazine rings is 1. The van der Waals surface area contributed by atoms with E-state index in [-0.39, 0.29) is 24.0 Å². The second kappa shape index (κ2) is 9.92. The van der Waals surface area contributed by atoms with E-state index in [4.69, 9.17) is 4.52 Å². The van der Waals surface area contributed by atoms with Crippen LogP contribution in [-0.2, 0) is 13.0 Å². The summed E-state index contributed by atoms with van der Waals surface area (Å²) in [5.74, 6) is 0.979. The van der Waals surface area contributed by atoms with Crippen LogP contribution in [0.5, 0.6) is 0 Å². The number of aromatic nitrogens is 2. The molecule has 0 radical (unpaired) electrons. The molecule has 0 unspecified atom stereocenters. The summed E-state index contributed by atoms with van der Waals surface area (Å²) < 4.78 is 4.91. The molecular formula is C20H27IN6O. The van der Waals surface area contributed by atoms with Crippen molar-refractivity contribution >= 4 is 40.8 Å². The topological polar surface area (TPSA) is 72.7 Å². The molecule has 0 bridgehead atoms. The molecule has 0 amide bonds. The zero-order chi connectivity index (χ0) is 18.5. The molecule has 0 aliphatic carbocycles. The van der Waals surface area contributed by atoms with Gasteiger partial charge < -0.3 is 19.7 Å². The second-order valence-corrected chi connectivity index (χ2v) is 6.86. The molecule has 150 valence electrons. The lowest BCUT2D eigenvalue weighted by Crippen LogP contribution is -2.52. The van der Waals surface area contributed by atoms with E-state index in [2.05, 4.69) is 60.6 Å². The summed E-state index contributed by atoms with van der Waals surface area (Å²) in [5.41, 5.74) is 3.43. The molecule has 3 aromatic rings. The average molecular weight is 494 g/mol. The molecule has 0 spiro atoms. The standard InChI is InChI=1S/C20H26N6O.HI/c1-21-20(22-8-6-17-14-16-4-2-3-5-19(16)23-17)26-11-9-25(10-12-26)15-18-7-13-27-24-18;/h2-5,7,13-14,23H,6,8-12,15H2,1H3,(H,21,22);1H. The lowest BCUT2D eigenvalue weighted by Gasteiger charge is -2.36. The quantitative estimate of drug-likeness (QED) is 0.324. The number of hydrogen-bond donors (Lipinski definition) is 2. The first-order chi connectivity index (χ1) is 13.3. The van der Waals surface area contributed by atoms with E-state index in [0.717, 1.165) is 57.3 Å². The highest BCUT2D eigenvalue weighted by Gasteiger charge is 2.20. The highest BCUT2D eigenvalue weighted by Crippen LogP contribution is 2.14. The van der Waals surface area contributed by atoms with Crippen LogP contribution in [-0.4, -0.2) is 65.7 Å². The smallest absolute Gasteiger partial charge is 0.193 e. The Bertz CT molecular complexity index is 850. The number of H-pyrrole nitrogens is 1. The van der Waals surface area contributed by atoms with Crippen molar-refractivity contribution < 1.29 is 4.52 Å². The van der Waals surface area contributed by atoms with Crippen molar-refractivity contribution in [2.45, 2.75) is 13.0 Å². The lowest BCUT2D eigenvalue weighted by molar-refractivity contribution is 0.169. The monoisotopic (exact) mass is 494 g/mol. The fraction of sp³-hybridized carbons (Fsp3) is 0.400. The minimum absolute atomic E-state index is 0. The molecule has 1 aromatic carbocycles. The maximum Gasteiger partial charge on any atom is 0.193 e. The number of aliphatic imine (C=N–C) groups is 1. The molecule has 1 aliphatic rings. The van der Waals surface area contributed by atoms with Gasteiger partial charge in [0.1, 0.15) is 6.26 Å². The largest absolute Gasteiger partial charge is 0.364 e. The predicted molar refractivity (Wildman–Crippen MR) is 122 cm³/mol. The Balaban J connectivity index is 0.00000225. The summed E-state index contributed by atoms with van der Waals surface area (Å²) in [6.07, 6.45) is 2.57. The number of nitrogens with zero attached hydrogens (tertiary/aromatic N) is 4. The molecule has 0 saturated carbocycles. The van der Waals surface area contributed by atoms with Gasteiger partial charge in [0.05, 0.1) is 5.69 Å². The number of halogens is 1. The SMILES string of the molecule is CN=C(NCCc1cc2ccccc2[nH]1)N1CCN(Cc2ccon2)CC1.I. The molecule has 4 rings (SSSR count). The van der Waals surface area contributed by atoms with Crippen LogP contribution in [0, 0.1) is 0 Å². The van der Waals surface area contributed by atoms with E-state index in [9.17, 15) is 0 Å². The fourth-order valence-electron chi connectivity index (χ4n) is 3.58. The fourth-order valence-corrected chi connectivity index (χ4v) is 3.58. The maximum absolute atomic E-state index is 4.91. The summed E-state index contributed by atoms with van der Waals surface area (Å²) in [5, 5.41) is 8.76. The average Bonchev–Trinajstić information content (AvgIpc) is 3.35. The van der Waals surface area contributed by atoms with Crippen molar-refractivity contribution in [1.82, 2.24) is 25.3 Å². The van der Waals surface area contributed by atoms with Gasteiger partial charge >= 0.3 is 0 Å². The minimum atomic E-state index is 0. The van der Waals surface area contributed by atoms with Crippen LogP contribution in [0.2, 0.25) is 0 Å². The van der Waals surface area contributed by atoms with Gasteiger partial charge in [-0.15, -0.1) is 24.0 Å². The van der Waals surface area contributed by atoms with Crippen LogP contribution >= 0.6 is 24.0 Å². The van der Waals surface area contributed by atoms with Crippen molar-refractivity contribution in [3.8, 4) is 0 Å². The molecule has 1 saturated heterocycles. The van der Waals surface area contributed by atoms with Gasteiger partial charge in [0, 0.05) is 70.0 Å². The van der Waals surface area contributed by atoms with Crippen LogP contribution in [0.1, 0.15) is 11.4 Å². The second-order valence-electron chi connectivity index (χ2n) is 6.86. The number of aromatic amines is 1. The van der Waals surface area contributed by atoms with Crippen LogP contribution in [0.3, 0.4) is 0 Å². The zero-order valence-corrected chi connectivity index (χ0v) is 18.4. The van der Waals surface area contributed by atoms with E-state index in [1.165, 1.54) is 16.6 Å². The van der Waals surface area contributed by atoms with Crippen LogP contribution in [0.15, 0.2) is 52.2 Å². The Morgan fingerprint density at radius 1 is 1.21 bits per heavy atom. The van der Waals surface area contributed by atoms with Gasteiger partial charge in [-0.3, -0.25) is 9.89 Å². The summed E-state index contributed by atoms with van der Waals surface area (Å²) in [4.78, 5) is 12.7. The number of nitrogens with one attached hydrogen (secondary N) is 2. The van der Waals surface area contributed by atoms with Gasteiger partial charge in [0.15, 0.2) is 5.96 Å². The summed E-state index contributed by atoms with van der Waals surface area (Å²) >= 11 is 0. The molecule has 1 aliphatic heterocycles. The van der Waals surface area contributed by atoms with Crippen LogP contribution in [0.4, 0.5) is 0 Å². The van der Waals surface area contributed by atoms with Gasteiger partial charge in [0.25, 0.3) is 0 Å². The molecular weight excluding hydrogens is 467 g/mol. The minimum Gasteiger partial charge on any atom is -0.364 e. The first-order valence-corrected chi connectivity index (χ1v) is 9.45. The molecule has 3 heterocycles. The van der Waals surface area contributed by atoms with Gasteiger partial charge in [-0.25, -0.2) is 0 Å². The molecule has 28 heavy (non-hydrogen) atoms. The summed E-state index contributed by atoms with van der Waals surface area (Å²) in [6, 6.07) is 12.5. The van der Waals surface area contributed by atoms with Gasteiger partial charge in [-0.2, -0.15) is 0 Å². The molecule has 0 atom stereocenters. The first kappa shape index (κ1) is 20.7. The number of fused-ring (bicyclic) bond motifs is 1. The van der Waals surface area contributed by atoms with E-state index < -0.39 is 0 Å². The summed E-state index contributed by atoms with van der Waals surface area (Å²) in [7, 11) is 1.85. The molecule has 2 aromatic heterocycles. The predicted octanol–water partition coefficient (Wildman–Crippen LogP) is 2.71. The Hall–Kier alpha value is -2.07. The lowest BCUT2D eigenvalue weighted by atomic mass is 10.2. The molecule has 1 fully saturated rings. The van der Waals surface area contributed by atoms with Crippen molar-refractivity contribution in [2.75, 3.05) is 39.8 Å². The van der Waals surface area contributed by atoms with Gasteiger partial charge in [0.2, 0.25) is 0 Å². The maximum atomic E-state index is 4.91. The van der Waals surface area contributed by atoms with E-state index in [1.807, 2.05) is 13.1 Å². The van der Waals surface area contributed by atoms with Crippen molar-refractivity contribution in [2.24, 2.45) is 4.99 Å². The normalized spacial score (nSPS) is 15.6. The van der Waals surface area contributed by atoms with E-state index in [0.29, 0.717) is 0 Å². The summed E-state index contributed by atoms with van der Waals surface area (Å²) in [6.45, 7) is 5.62. The van der Waals surface area contributed by atoms with Crippen molar-refractivity contribution in [3.05, 3.63) is 54.0 Å². The number of para-hydroxylation sites is 1. The Labute approximate surface area is 182 Å². The van der Waals surface area contributed by atoms with Crippen molar-refractivity contribution in [3.63, 3.8) is 0 Å². The van der Waals surface area contributed by atoms with Gasteiger partial charge in [-0.05, 0) is 17.5 Å². The van der Waals surface area contributed by atoms with E-state index >= 15 is 0 Å². The highest BCUT2D eigenvalue weighted by molar-refractivity contribution is 14.0. The van der Waals surface area contributed by atoms with Crippen LogP contribution < -0.4 is 5.32 Å². The number of guanidine groups is 1. The Kier molecular flexibility index (Phi) is 7.32. The Morgan fingerprint density at radius 3 is 2.75 bits per heavy atom. The Morgan fingerprint density at radius 2 is 2.04 bits per heavy atom. The van der Waals surface area contributed by atoms with E-state index in [1.54, 1.807) is 6.26 Å². The number of benzene rings is 1. The third-order valence-corrected chi connectivity index (χ3v) is 5.02. The van der Waals surface area contributed by atoms with Crippen LogP contribution in [0.25, 0.3) is 10.9 Å². The molecule has 7 nitrogen and oxygen atoms in total. The first-order valence-electron chi connectivity index (χ1n) is 9.45. The van der Waals surface area contributed by atoms with Crippen molar-refractivity contribution in [1.29, 1.82) is 0 Å².